The van der Waals surface area contributed by atoms with Gasteiger partial charge in [0.1, 0.15) is 5.82 Å². The van der Waals surface area contributed by atoms with Gasteiger partial charge in [0.2, 0.25) is 0 Å². The fraction of sp³-hybridized carbons (Fsp3) is 0.538. The molecule has 2 N–H and O–H groups in total. The highest BCUT2D eigenvalue weighted by molar-refractivity contribution is 5.28. The van der Waals surface area contributed by atoms with Crippen LogP contribution in [0.15, 0.2) is 24.3 Å². The van der Waals surface area contributed by atoms with Crippen molar-refractivity contribution >= 4 is 0 Å². The molecule has 1 unspecified atom stereocenters. The maximum atomic E-state index is 12.9. The van der Waals surface area contributed by atoms with Crippen LogP contribution in [0, 0.1) is 5.82 Å². The Morgan fingerprint density at radius 1 is 1.38 bits per heavy atom. The summed E-state index contributed by atoms with van der Waals surface area (Å²) in [7, 11) is 0. The van der Waals surface area contributed by atoms with Crippen molar-refractivity contribution in [2.24, 2.45) is 5.73 Å². The molecule has 1 aromatic carbocycles. The zero-order chi connectivity index (χ0) is 11.6. The molecule has 0 radical (unpaired) electrons. The molecule has 1 aromatic rings. The van der Waals surface area contributed by atoms with Crippen LogP contribution in [0.25, 0.3) is 0 Å². The standard InChI is InChI=1S/C13H18FNO/c1-10(15)6-7-13(8-16-9-13)11-2-4-12(14)5-3-11/h2-5,10H,6-9,15H2,1H3. The summed E-state index contributed by atoms with van der Waals surface area (Å²) in [6.45, 7) is 3.47. The maximum Gasteiger partial charge on any atom is 0.123 e. The minimum absolute atomic E-state index is 0.0708. The molecule has 0 aromatic heterocycles. The van der Waals surface area contributed by atoms with Gasteiger partial charge in [0.05, 0.1) is 13.2 Å². The summed E-state index contributed by atoms with van der Waals surface area (Å²) >= 11 is 0. The van der Waals surface area contributed by atoms with Crippen LogP contribution in [-0.2, 0) is 10.2 Å². The van der Waals surface area contributed by atoms with Gasteiger partial charge in [-0.05, 0) is 37.5 Å². The Bertz CT molecular complexity index is 343. The van der Waals surface area contributed by atoms with Crippen LogP contribution in [0.5, 0.6) is 0 Å². The first-order valence-corrected chi connectivity index (χ1v) is 5.72. The Kier molecular flexibility index (Phi) is 3.26. The second-order valence-electron chi connectivity index (χ2n) is 4.80. The van der Waals surface area contributed by atoms with Crippen molar-refractivity contribution < 1.29 is 9.13 Å². The van der Waals surface area contributed by atoms with E-state index in [1.807, 2.05) is 19.1 Å². The van der Waals surface area contributed by atoms with Gasteiger partial charge in [-0.25, -0.2) is 4.39 Å². The van der Waals surface area contributed by atoms with Gasteiger partial charge in [-0.2, -0.15) is 0 Å². The van der Waals surface area contributed by atoms with Crippen molar-refractivity contribution in [2.75, 3.05) is 13.2 Å². The largest absolute Gasteiger partial charge is 0.379 e. The predicted octanol–water partition coefficient (Wildman–Crippen LogP) is 2.22. The van der Waals surface area contributed by atoms with Gasteiger partial charge in [0.15, 0.2) is 0 Å². The molecular weight excluding hydrogens is 205 g/mol. The number of nitrogens with two attached hydrogens (primary N) is 1. The molecule has 1 saturated heterocycles. The van der Waals surface area contributed by atoms with Gasteiger partial charge in [0, 0.05) is 11.5 Å². The molecule has 1 fully saturated rings. The van der Waals surface area contributed by atoms with E-state index < -0.39 is 0 Å². The highest BCUT2D eigenvalue weighted by Gasteiger charge is 2.39. The molecule has 0 saturated carbocycles. The molecule has 3 heteroatoms. The van der Waals surface area contributed by atoms with Crippen molar-refractivity contribution in [1.82, 2.24) is 0 Å². The zero-order valence-electron chi connectivity index (χ0n) is 9.58. The average Bonchev–Trinajstić information content (AvgIpc) is 2.18. The maximum absolute atomic E-state index is 12.9. The van der Waals surface area contributed by atoms with Gasteiger partial charge in [-0.1, -0.05) is 12.1 Å². The second-order valence-corrected chi connectivity index (χ2v) is 4.80. The Balaban J connectivity index is 2.11. The summed E-state index contributed by atoms with van der Waals surface area (Å²) in [5.41, 5.74) is 7.02. The van der Waals surface area contributed by atoms with E-state index >= 15 is 0 Å². The number of ether oxygens (including phenoxy) is 1. The summed E-state index contributed by atoms with van der Waals surface area (Å²) in [4.78, 5) is 0. The lowest BCUT2D eigenvalue weighted by atomic mass is 9.74. The van der Waals surface area contributed by atoms with E-state index in [0.29, 0.717) is 0 Å². The topological polar surface area (TPSA) is 35.2 Å². The van der Waals surface area contributed by atoms with Crippen LogP contribution >= 0.6 is 0 Å². The second kappa shape index (κ2) is 4.52. The number of hydrogen-bond acceptors (Lipinski definition) is 2. The number of rotatable bonds is 4. The Labute approximate surface area is 95.6 Å². The van der Waals surface area contributed by atoms with E-state index in [-0.39, 0.29) is 17.3 Å². The third kappa shape index (κ3) is 2.25. The molecule has 2 rings (SSSR count). The fourth-order valence-electron chi connectivity index (χ4n) is 2.11. The summed E-state index contributed by atoms with van der Waals surface area (Å²) in [6, 6.07) is 6.96. The Morgan fingerprint density at radius 3 is 2.44 bits per heavy atom. The molecule has 0 aliphatic carbocycles. The minimum atomic E-state index is -0.189. The van der Waals surface area contributed by atoms with E-state index in [9.17, 15) is 4.39 Å². The monoisotopic (exact) mass is 223 g/mol. The van der Waals surface area contributed by atoms with Crippen molar-refractivity contribution in [2.45, 2.75) is 31.2 Å². The third-order valence-electron chi connectivity index (χ3n) is 3.29. The molecule has 1 heterocycles. The smallest absolute Gasteiger partial charge is 0.123 e. The number of benzene rings is 1. The zero-order valence-corrected chi connectivity index (χ0v) is 9.58. The summed E-state index contributed by atoms with van der Waals surface area (Å²) in [5.74, 6) is -0.189. The SMILES string of the molecule is CC(N)CCC1(c2ccc(F)cc2)COC1. The van der Waals surface area contributed by atoms with Crippen molar-refractivity contribution in [3.63, 3.8) is 0 Å². The van der Waals surface area contributed by atoms with Crippen molar-refractivity contribution in [1.29, 1.82) is 0 Å². The Morgan fingerprint density at radius 2 is 2.00 bits per heavy atom. The van der Waals surface area contributed by atoms with E-state index in [1.165, 1.54) is 17.7 Å². The summed E-state index contributed by atoms with van der Waals surface area (Å²) < 4.78 is 18.2. The van der Waals surface area contributed by atoms with Gasteiger partial charge >= 0.3 is 0 Å². The quantitative estimate of drug-likeness (QED) is 0.849. The Hall–Kier alpha value is -0.930. The van der Waals surface area contributed by atoms with Crippen LogP contribution in [0.4, 0.5) is 4.39 Å². The molecule has 1 atom stereocenters. The highest BCUT2D eigenvalue weighted by atomic mass is 19.1. The molecule has 1 aliphatic rings. The van der Waals surface area contributed by atoms with Crippen LogP contribution < -0.4 is 5.73 Å². The van der Waals surface area contributed by atoms with Crippen molar-refractivity contribution in [3.8, 4) is 0 Å². The molecular formula is C13H18FNO. The van der Waals surface area contributed by atoms with Gasteiger partial charge in [0.25, 0.3) is 0 Å². The van der Waals surface area contributed by atoms with E-state index in [4.69, 9.17) is 10.5 Å². The van der Waals surface area contributed by atoms with E-state index in [1.54, 1.807) is 0 Å². The van der Waals surface area contributed by atoms with Crippen LogP contribution in [0.1, 0.15) is 25.3 Å². The van der Waals surface area contributed by atoms with E-state index in [0.717, 1.165) is 26.1 Å². The first kappa shape index (κ1) is 11.6. The van der Waals surface area contributed by atoms with Crippen LogP contribution in [0.2, 0.25) is 0 Å². The number of hydrogen-bond donors (Lipinski definition) is 1. The molecule has 16 heavy (non-hydrogen) atoms. The molecule has 1 aliphatic heterocycles. The van der Waals surface area contributed by atoms with Crippen molar-refractivity contribution in [3.05, 3.63) is 35.6 Å². The normalized spacial score (nSPS) is 20.2. The third-order valence-corrected chi connectivity index (χ3v) is 3.29. The van der Waals surface area contributed by atoms with Gasteiger partial charge in [-0.3, -0.25) is 0 Å². The lowest BCUT2D eigenvalue weighted by Gasteiger charge is -2.42. The predicted molar refractivity (Wildman–Crippen MR) is 61.8 cm³/mol. The van der Waals surface area contributed by atoms with Gasteiger partial charge in [-0.15, -0.1) is 0 Å². The molecule has 0 spiro atoms. The molecule has 0 amide bonds. The lowest BCUT2D eigenvalue weighted by Crippen LogP contribution is -2.47. The average molecular weight is 223 g/mol. The number of halogens is 1. The van der Waals surface area contributed by atoms with Crippen LogP contribution in [-0.4, -0.2) is 19.3 Å². The summed E-state index contributed by atoms with van der Waals surface area (Å²) in [5, 5.41) is 0. The molecule has 2 nitrogen and oxygen atoms in total. The van der Waals surface area contributed by atoms with E-state index in [2.05, 4.69) is 0 Å². The summed E-state index contributed by atoms with van der Waals surface area (Å²) in [6.07, 6.45) is 1.98. The molecule has 88 valence electrons. The van der Waals surface area contributed by atoms with Crippen LogP contribution in [0.3, 0.4) is 0 Å². The first-order chi connectivity index (χ1) is 7.62. The highest BCUT2D eigenvalue weighted by Crippen LogP contribution is 2.37. The lowest BCUT2D eigenvalue weighted by molar-refractivity contribution is -0.0657. The fourth-order valence-corrected chi connectivity index (χ4v) is 2.11. The first-order valence-electron chi connectivity index (χ1n) is 5.72. The van der Waals surface area contributed by atoms with Gasteiger partial charge < -0.3 is 10.5 Å². The molecule has 0 bridgehead atoms. The minimum Gasteiger partial charge on any atom is -0.379 e.